The van der Waals surface area contributed by atoms with Crippen LogP contribution in [0, 0.1) is 5.41 Å². The van der Waals surface area contributed by atoms with E-state index in [4.69, 9.17) is 9.88 Å². The van der Waals surface area contributed by atoms with Crippen LogP contribution in [-0.4, -0.2) is 14.0 Å². The molecule has 106 valence electrons. The summed E-state index contributed by atoms with van der Waals surface area (Å²) in [5.74, 6) is 0.914. The van der Waals surface area contributed by atoms with E-state index in [-0.39, 0.29) is 21.8 Å². The molecule has 0 radical (unpaired) electrons. The van der Waals surface area contributed by atoms with Crippen molar-refractivity contribution in [1.29, 1.82) is 0 Å². The van der Waals surface area contributed by atoms with Crippen molar-refractivity contribution in [1.82, 2.24) is 0 Å². The van der Waals surface area contributed by atoms with Crippen LogP contribution in [0.4, 0.5) is 0 Å². The zero-order valence-corrected chi connectivity index (χ0v) is 12.8. The molecule has 0 bridgehead atoms. The number of rotatable bonds is 1. The summed E-state index contributed by atoms with van der Waals surface area (Å²) in [4.78, 5) is 0.136. The maximum absolute atomic E-state index is 11.5. The SMILES string of the molecule is CC1c2cc(S(N)(=O)=O)ccc2OC(C)(C)C1(C)C. The number of nitrogens with two attached hydrogens (primary N) is 1. The van der Waals surface area contributed by atoms with Gasteiger partial charge in [0.1, 0.15) is 11.4 Å². The van der Waals surface area contributed by atoms with Crippen LogP contribution in [0.15, 0.2) is 23.1 Å². The third-order valence-electron chi connectivity index (χ3n) is 4.78. The van der Waals surface area contributed by atoms with E-state index in [1.807, 2.05) is 0 Å². The van der Waals surface area contributed by atoms with Crippen LogP contribution in [0.25, 0.3) is 0 Å². The average Bonchev–Trinajstić information content (AvgIpc) is 2.24. The second-order valence-corrected chi connectivity index (χ2v) is 7.86. The predicted octanol–water partition coefficient (Wildman–Crippen LogP) is 2.63. The molecule has 5 heteroatoms. The zero-order valence-electron chi connectivity index (χ0n) is 12.0. The van der Waals surface area contributed by atoms with Gasteiger partial charge in [0, 0.05) is 5.41 Å². The van der Waals surface area contributed by atoms with E-state index >= 15 is 0 Å². The first-order valence-corrected chi connectivity index (χ1v) is 7.87. The number of benzene rings is 1. The van der Waals surface area contributed by atoms with E-state index < -0.39 is 10.0 Å². The highest BCUT2D eigenvalue weighted by atomic mass is 32.2. The molecular weight excluding hydrogens is 262 g/mol. The van der Waals surface area contributed by atoms with Crippen LogP contribution in [0.2, 0.25) is 0 Å². The molecule has 0 amide bonds. The van der Waals surface area contributed by atoms with Crippen molar-refractivity contribution in [2.75, 3.05) is 0 Å². The van der Waals surface area contributed by atoms with Crippen LogP contribution in [0.5, 0.6) is 5.75 Å². The fraction of sp³-hybridized carbons (Fsp3) is 0.571. The van der Waals surface area contributed by atoms with Crippen molar-refractivity contribution in [2.24, 2.45) is 10.6 Å². The van der Waals surface area contributed by atoms with E-state index in [1.165, 1.54) is 6.07 Å². The first-order valence-electron chi connectivity index (χ1n) is 6.32. The lowest BCUT2D eigenvalue weighted by atomic mass is 9.64. The molecule has 0 aliphatic carbocycles. The summed E-state index contributed by atoms with van der Waals surface area (Å²) < 4.78 is 28.9. The van der Waals surface area contributed by atoms with Gasteiger partial charge >= 0.3 is 0 Å². The van der Waals surface area contributed by atoms with Crippen molar-refractivity contribution in [3.63, 3.8) is 0 Å². The van der Waals surface area contributed by atoms with Gasteiger partial charge in [0.05, 0.1) is 4.90 Å². The quantitative estimate of drug-likeness (QED) is 0.861. The molecule has 1 atom stereocenters. The van der Waals surface area contributed by atoms with Crippen molar-refractivity contribution >= 4 is 10.0 Å². The molecule has 19 heavy (non-hydrogen) atoms. The Kier molecular flexibility index (Phi) is 2.99. The molecule has 2 rings (SSSR count). The lowest BCUT2D eigenvalue weighted by Crippen LogP contribution is -2.50. The maximum atomic E-state index is 11.5. The highest BCUT2D eigenvalue weighted by Gasteiger charge is 2.48. The number of hydrogen-bond donors (Lipinski definition) is 1. The molecule has 2 N–H and O–H groups in total. The first-order chi connectivity index (χ1) is 8.47. The number of hydrogen-bond acceptors (Lipinski definition) is 3. The lowest BCUT2D eigenvalue weighted by Gasteiger charge is -2.50. The third kappa shape index (κ3) is 2.15. The Bertz CT molecular complexity index is 618. The average molecular weight is 283 g/mol. The van der Waals surface area contributed by atoms with E-state index in [0.717, 1.165) is 11.3 Å². The number of fused-ring (bicyclic) bond motifs is 1. The first kappa shape index (κ1) is 14.3. The minimum atomic E-state index is -3.68. The fourth-order valence-corrected chi connectivity index (χ4v) is 3.00. The molecule has 0 saturated heterocycles. The summed E-state index contributed by atoms with van der Waals surface area (Å²) in [6.45, 7) is 10.5. The summed E-state index contributed by atoms with van der Waals surface area (Å²) in [5.41, 5.74) is 0.468. The smallest absolute Gasteiger partial charge is 0.238 e. The minimum absolute atomic E-state index is 0.114. The molecule has 0 fully saturated rings. The van der Waals surface area contributed by atoms with Crippen LogP contribution in [0.3, 0.4) is 0 Å². The van der Waals surface area contributed by atoms with Gasteiger partial charge in [-0.25, -0.2) is 13.6 Å². The summed E-state index contributed by atoms with van der Waals surface area (Å²) in [6.07, 6.45) is 0. The second-order valence-electron chi connectivity index (χ2n) is 6.30. The van der Waals surface area contributed by atoms with Crippen LogP contribution < -0.4 is 9.88 Å². The minimum Gasteiger partial charge on any atom is -0.487 e. The molecular formula is C14H21NO3S. The molecule has 0 spiro atoms. The van der Waals surface area contributed by atoms with E-state index in [2.05, 4.69) is 34.6 Å². The van der Waals surface area contributed by atoms with Crippen molar-refractivity contribution in [3.05, 3.63) is 23.8 Å². The Balaban J connectivity index is 2.63. The Morgan fingerprint density at radius 1 is 1.21 bits per heavy atom. The Hall–Kier alpha value is -1.07. The third-order valence-corrected chi connectivity index (χ3v) is 5.69. The van der Waals surface area contributed by atoms with Crippen LogP contribution >= 0.6 is 0 Å². The van der Waals surface area contributed by atoms with Gasteiger partial charge in [-0.3, -0.25) is 0 Å². The van der Waals surface area contributed by atoms with Crippen molar-refractivity contribution in [3.8, 4) is 5.75 Å². The molecule has 1 heterocycles. The molecule has 0 aromatic heterocycles. The van der Waals surface area contributed by atoms with Crippen molar-refractivity contribution in [2.45, 2.75) is 51.0 Å². The molecule has 4 nitrogen and oxygen atoms in total. The highest BCUT2D eigenvalue weighted by Crippen LogP contribution is 2.52. The Morgan fingerprint density at radius 2 is 1.79 bits per heavy atom. The number of sulfonamides is 1. The largest absolute Gasteiger partial charge is 0.487 e. The predicted molar refractivity (Wildman–Crippen MR) is 74.7 cm³/mol. The second kappa shape index (κ2) is 3.96. The lowest BCUT2D eigenvalue weighted by molar-refractivity contribution is -0.0432. The van der Waals surface area contributed by atoms with Gasteiger partial charge in [0.15, 0.2) is 0 Å². The monoisotopic (exact) mass is 283 g/mol. The maximum Gasteiger partial charge on any atom is 0.238 e. The molecule has 1 aromatic rings. The molecule has 1 aliphatic rings. The fourth-order valence-electron chi connectivity index (χ4n) is 2.45. The van der Waals surface area contributed by atoms with Gasteiger partial charge in [-0.15, -0.1) is 0 Å². The number of ether oxygens (including phenoxy) is 1. The van der Waals surface area contributed by atoms with Crippen LogP contribution in [0.1, 0.15) is 46.1 Å². The van der Waals surface area contributed by atoms with Gasteiger partial charge in [0.25, 0.3) is 0 Å². The standard InChI is InChI=1S/C14H21NO3S/c1-9-11-8-10(19(15,16)17)6-7-12(11)18-14(4,5)13(9,2)3/h6-9H,1-5H3,(H2,15,16,17). The van der Waals surface area contributed by atoms with E-state index in [0.29, 0.717) is 0 Å². The summed E-state index contributed by atoms with van der Waals surface area (Å²) in [7, 11) is -3.68. The van der Waals surface area contributed by atoms with E-state index in [9.17, 15) is 8.42 Å². The number of primary sulfonamides is 1. The topological polar surface area (TPSA) is 69.4 Å². The summed E-state index contributed by atoms with van der Waals surface area (Å²) in [6, 6.07) is 4.82. The Morgan fingerprint density at radius 3 is 2.32 bits per heavy atom. The van der Waals surface area contributed by atoms with Crippen molar-refractivity contribution < 1.29 is 13.2 Å². The normalized spacial score (nSPS) is 24.4. The molecule has 0 saturated carbocycles. The molecule has 1 unspecified atom stereocenters. The van der Waals surface area contributed by atoms with Gasteiger partial charge < -0.3 is 4.74 Å². The van der Waals surface area contributed by atoms with Gasteiger partial charge in [-0.1, -0.05) is 20.8 Å². The van der Waals surface area contributed by atoms with E-state index in [1.54, 1.807) is 12.1 Å². The van der Waals surface area contributed by atoms with Gasteiger partial charge in [-0.2, -0.15) is 0 Å². The Labute approximate surface area is 115 Å². The summed E-state index contributed by atoms with van der Waals surface area (Å²) >= 11 is 0. The van der Waals surface area contributed by atoms with Gasteiger partial charge in [-0.05, 0) is 43.5 Å². The zero-order chi connectivity index (χ0) is 14.6. The highest BCUT2D eigenvalue weighted by molar-refractivity contribution is 7.89. The van der Waals surface area contributed by atoms with Gasteiger partial charge in [0.2, 0.25) is 10.0 Å². The molecule has 1 aromatic carbocycles. The van der Waals surface area contributed by atoms with Crippen LogP contribution in [-0.2, 0) is 10.0 Å². The summed E-state index contributed by atoms with van der Waals surface area (Å²) in [5, 5.41) is 5.19. The molecule has 1 aliphatic heterocycles.